The topological polar surface area (TPSA) is 117 Å². The van der Waals surface area contributed by atoms with Gasteiger partial charge in [0.1, 0.15) is 11.6 Å². The zero-order valence-corrected chi connectivity index (χ0v) is 20.0. The van der Waals surface area contributed by atoms with Gasteiger partial charge in [-0.15, -0.1) is 0 Å². The molecule has 33 heavy (non-hydrogen) atoms. The second kappa shape index (κ2) is 11.2. The molecule has 2 fully saturated rings. The van der Waals surface area contributed by atoms with E-state index in [1.165, 1.54) is 0 Å². The highest BCUT2D eigenvalue weighted by molar-refractivity contribution is 6.30. The van der Waals surface area contributed by atoms with Gasteiger partial charge in [0.2, 0.25) is 11.8 Å². The summed E-state index contributed by atoms with van der Waals surface area (Å²) >= 11 is 6.06. The van der Waals surface area contributed by atoms with E-state index in [-0.39, 0.29) is 24.3 Å². The fourth-order valence-electron chi connectivity index (χ4n) is 4.24. The van der Waals surface area contributed by atoms with Crippen molar-refractivity contribution in [3.05, 3.63) is 34.9 Å². The summed E-state index contributed by atoms with van der Waals surface area (Å²) in [6.07, 6.45) is 2.90. The molecular formula is C24H34ClN3O5. The van der Waals surface area contributed by atoms with Gasteiger partial charge in [-0.3, -0.25) is 9.59 Å². The molecular weight excluding hydrogens is 446 g/mol. The number of carbonyl (C=O) groups excluding carboxylic acids is 3. The molecule has 3 amide bonds. The van der Waals surface area contributed by atoms with E-state index in [2.05, 4.69) is 16.0 Å². The molecule has 1 aliphatic heterocycles. The number of hydrogen-bond donors (Lipinski definition) is 4. The van der Waals surface area contributed by atoms with Crippen molar-refractivity contribution in [2.24, 2.45) is 11.8 Å². The molecule has 0 bridgehead atoms. The summed E-state index contributed by atoms with van der Waals surface area (Å²) in [7, 11) is 0. The maximum atomic E-state index is 12.9. The minimum absolute atomic E-state index is 0.0578. The first-order valence-electron chi connectivity index (χ1n) is 11.6. The van der Waals surface area contributed by atoms with Gasteiger partial charge in [0.15, 0.2) is 0 Å². The summed E-state index contributed by atoms with van der Waals surface area (Å²) in [4.78, 5) is 37.5. The first-order valence-corrected chi connectivity index (χ1v) is 12.0. The van der Waals surface area contributed by atoms with E-state index >= 15 is 0 Å². The van der Waals surface area contributed by atoms with Crippen molar-refractivity contribution in [1.82, 2.24) is 16.0 Å². The number of ether oxygens (including phenoxy) is 1. The fourth-order valence-corrected chi connectivity index (χ4v) is 4.45. The smallest absolute Gasteiger partial charge is 0.408 e. The Kier molecular flexibility index (Phi) is 8.59. The molecule has 1 saturated carbocycles. The lowest BCUT2D eigenvalue weighted by molar-refractivity contribution is -0.126. The van der Waals surface area contributed by atoms with Gasteiger partial charge >= 0.3 is 6.09 Å². The van der Waals surface area contributed by atoms with Gasteiger partial charge in [-0.1, -0.05) is 37.6 Å². The van der Waals surface area contributed by atoms with E-state index in [4.69, 9.17) is 16.3 Å². The van der Waals surface area contributed by atoms with Gasteiger partial charge in [-0.2, -0.15) is 0 Å². The standard InChI is InChI=1S/C24H34ClN3O5/c1-15(2)10-20(22(31)27-19(14-29)12-17-6-9-26-21(17)30)28-23(32)33-24(7-8-24)13-16-4-3-5-18(25)11-16/h3-5,11,15,17,19-20,29H,6-10,12-14H2,1-2H3,(H,26,30)(H,27,31)(H,28,32)/t17-,19-,20-/m0/s1. The van der Waals surface area contributed by atoms with Gasteiger partial charge in [0.25, 0.3) is 0 Å². The Labute approximate surface area is 199 Å². The molecule has 1 aromatic rings. The SMILES string of the molecule is CC(C)C[C@H](NC(=O)OC1(Cc2cccc(Cl)c2)CC1)C(=O)N[C@H](CO)C[C@@H]1CCNC1=O. The van der Waals surface area contributed by atoms with Gasteiger partial charge in [0.05, 0.1) is 12.6 Å². The minimum atomic E-state index is -0.800. The van der Waals surface area contributed by atoms with Crippen molar-refractivity contribution in [2.45, 2.75) is 70.1 Å². The molecule has 1 aromatic carbocycles. The first kappa shape index (κ1) is 25.3. The molecule has 0 aromatic heterocycles. The molecule has 1 saturated heterocycles. The molecule has 3 atom stereocenters. The number of aliphatic hydroxyl groups excluding tert-OH is 1. The van der Waals surface area contributed by atoms with E-state index in [0.717, 1.165) is 18.4 Å². The fraction of sp³-hybridized carbons (Fsp3) is 0.625. The van der Waals surface area contributed by atoms with Crippen LogP contribution in [0, 0.1) is 11.8 Å². The van der Waals surface area contributed by atoms with E-state index in [9.17, 15) is 19.5 Å². The Morgan fingerprint density at radius 1 is 1.30 bits per heavy atom. The molecule has 2 aliphatic rings. The third-order valence-electron chi connectivity index (χ3n) is 6.15. The van der Waals surface area contributed by atoms with Crippen LogP contribution in [0.2, 0.25) is 5.02 Å². The summed E-state index contributed by atoms with van der Waals surface area (Å²) in [5, 5.41) is 18.6. The Hall–Kier alpha value is -2.32. The second-order valence-electron chi connectivity index (χ2n) is 9.61. The summed E-state index contributed by atoms with van der Waals surface area (Å²) in [6, 6.07) is 6.11. The predicted molar refractivity (Wildman–Crippen MR) is 125 cm³/mol. The van der Waals surface area contributed by atoms with Crippen LogP contribution < -0.4 is 16.0 Å². The van der Waals surface area contributed by atoms with Crippen LogP contribution in [0.15, 0.2) is 24.3 Å². The minimum Gasteiger partial charge on any atom is -0.443 e. The second-order valence-corrected chi connectivity index (χ2v) is 10.0. The van der Waals surface area contributed by atoms with E-state index < -0.39 is 29.7 Å². The number of rotatable bonds is 11. The lowest BCUT2D eigenvalue weighted by atomic mass is 9.97. The molecule has 1 heterocycles. The Balaban J connectivity index is 1.56. The van der Waals surface area contributed by atoms with Crippen LogP contribution in [-0.4, -0.2) is 53.9 Å². The zero-order chi connectivity index (χ0) is 24.0. The molecule has 4 N–H and O–H groups in total. The van der Waals surface area contributed by atoms with Crippen molar-refractivity contribution in [3.8, 4) is 0 Å². The van der Waals surface area contributed by atoms with Crippen LogP contribution in [0.25, 0.3) is 0 Å². The molecule has 9 heteroatoms. The molecule has 0 radical (unpaired) electrons. The molecule has 3 rings (SSSR count). The average Bonchev–Trinajstić information content (AvgIpc) is 3.36. The highest BCUT2D eigenvalue weighted by Crippen LogP contribution is 2.42. The maximum absolute atomic E-state index is 12.9. The zero-order valence-electron chi connectivity index (χ0n) is 19.2. The third kappa shape index (κ3) is 7.61. The predicted octanol–water partition coefficient (Wildman–Crippen LogP) is 2.56. The lowest BCUT2D eigenvalue weighted by Crippen LogP contribution is -2.52. The summed E-state index contributed by atoms with van der Waals surface area (Å²) in [5.41, 5.74) is 0.419. The van der Waals surface area contributed by atoms with Crippen LogP contribution in [0.4, 0.5) is 4.79 Å². The summed E-state index contributed by atoms with van der Waals surface area (Å²) < 4.78 is 5.73. The van der Waals surface area contributed by atoms with Crippen molar-refractivity contribution in [1.29, 1.82) is 0 Å². The number of aliphatic hydroxyl groups is 1. The number of amides is 3. The number of halogens is 1. The number of alkyl carbamates (subject to hydrolysis) is 1. The van der Waals surface area contributed by atoms with Crippen LogP contribution >= 0.6 is 11.6 Å². The van der Waals surface area contributed by atoms with Crippen LogP contribution in [0.1, 0.15) is 51.5 Å². The number of hydrogen-bond acceptors (Lipinski definition) is 5. The van der Waals surface area contributed by atoms with Crippen molar-refractivity contribution < 1.29 is 24.2 Å². The van der Waals surface area contributed by atoms with Gasteiger partial charge in [0, 0.05) is 23.9 Å². The Morgan fingerprint density at radius 2 is 2.06 bits per heavy atom. The monoisotopic (exact) mass is 479 g/mol. The van der Waals surface area contributed by atoms with Crippen LogP contribution in [-0.2, 0) is 20.7 Å². The molecule has 182 valence electrons. The number of benzene rings is 1. The molecule has 1 aliphatic carbocycles. The van der Waals surface area contributed by atoms with E-state index in [1.54, 1.807) is 6.07 Å². The lowest BCUT2D eigenvalue weighted by Gasteiger charge is -2.25. The van der Waals surface area contributed by atoms with Gasteiger partial charge in [-0.05, 0) is 55.7 Å². The van der Waals surface area contributed by atoms with Gasteiger partial charge < -0.3 is 25.8 Å². The maximum Gasteiger partial charge on any atom is 0.408 e. The van der Waals surface area contributed by atoms with Crippen molar-refractivity contribution >= 4 is 29.5 Å². The third-order valence-corrected chi connectivity index (χ3v) is 6.38. The highest BCUT2D eigenvalue weighted by Gasteiger charge is 2.47. The number of nitrogens with one attached hydrogen (secondary N) is 3. The quantitative estimate of drug-likeness (QED) is 0.389. The van der Waals surface area contributed by atoms with Crippen molar-refractivity contribution in [2.75, 3.05) is 13.2 Å². The highest BCUT2D eigenvalue weighted by atomic mass is 35.5. The van der Waals surface area contributed by atoms with Crippen LogP contribution in [0.5, 0.6) is 0 Å². The Bertz CT molecular complexity index is 858. The molecule has 0 unspecified atom stereocenters. The first-order chi connectivity index (χ1) is 15.7. The van der Waals surface area contributed by atoms with Gasteiger partial charge in [-0.25, -0.2) is 4.79 Å². The van der Waals surface area contributed by atoms with E-state index in [1.807, 2.05) is 32.0 Å². The Morgan fingerprint density at radius 3 is 2.64 bits per heavy atom. The summed E-state index contributed by atoms with van der Waals surface area (Å²) in [5.74, 6) is -0.531. The van der Waals surface area contributed by atoms with E-state index in [0.29, 0.717) is 37.3 Å². The van der Waals surface area contributed by atoms with Crippen LogP contribution in [0.3, 0.4) is 0 Å². The summed E-state index contributed by atoms with van der Waals surface area (Å²) in [6.45, 7) is 4.25. The number of carbonyl (C=O) groups is 3. The average molecular weight is 480 g/mol. The largest absolute Gasteiger partial charge is 0.443 e. The normalized spacial score (nSPS) is 20.6. The van der Waals surface area contributed by atoms with Crippen molar-refractivity contribution in [3.63, 3.8) is 0 Å². The molecule has 0 spiro atoms. The molecule has 8 nitrogen and oxygen atoms in total.